The van der Waals surface area contributed by atoms with Gasteiger partial charge < -0.3 is 14.8 Å². The molecule has 0 spiro atoms. The molecule has 3 fully saturated rings. The molecule has 0 aromatic heterocycles. The van der Waals surface area contributed by atoms with Crippen LogP contribution in [0.4, 0.5) is 0 Å². The van der Waals surface area contributed by atoms with Crippen LogP contribution in [0, 0.1) is 17.8 Å². The van der Waals surface area contributed by atoms with Crippen molar-refractivity contribution in [1.82, 2.24) is 5.32 Å². The molecule has 4 nitrogen and oxygen atoms in total. The monoisotopic (exact) mass is 343 g/mol. The van der Waals surface area contributed by atoms with E-state index in [0.29, 0.717) is 18.1 Å². The molecule has 136 valence electrons. The molecule has 1 heterocycles. The Kier molecular flexibility index (Phi) is 4.98. The summed E-state index contributed by atoms with van der Waals surface area (Å²) in [5.41, 5.74) is 0.708. The molecule has 3 aliphatic rings. The Hall–Kier alpha value is -1.55. The molecule has 5 atom stereocenters. The number of rotatable bonds is 6. The van der Waals surface area contributed by atoms with Crippen LogP contribution in [0.15, 0.2) is 24.3 Å². The van der Waals surface area contributed by atoms with E-state index in [4.69, 9.17) is 9.47 Å². The third kappa shape index (κ3) is 3.84. The van der Waals surface area contributed by atoms with Gasteiger partial charge in [0.1, 0.15) is 12.4 Å². The molecule has 1 aliphatic heterocycles. The maximum absolute atomic E-state index is 12.5. The molecule has 1 N–H and O–H groups in total. The normalized spacial score (nSPS) is 31.9. The number of ether oxygens (including phenoxy) is 2. The third-order valence-electron chi connectivity index (χ3n) is 6.37. The summed E-state index contributed by atoms with van der Waals surface area (Å²) in [5, 5.41) is 3.22. The fourth-order valence-corrected chi connectivity index (χ4v) is 4.97. The lowest BCUT2D eigenvalue weighted by molar-refractivity contribution is 0.0679. The SMILES string of the molecule is CC(NC(=O)c1ccc(OCC2CCCO2)cc1)C1CC2CCC1C2. The van der Waals surface area contributed by atoms with Gasteiger partial charge in [0.05, 0.1) is 6.10 Å². The Labute approximate surface area is 150 Å². The number of hydrogen-bond donors (Lipinski definition) is 1. The predicted octanol–water partition coefficient (Wildman–Crippen LogP) is 3.80. The number of carbonyl (C=O) groups excluding carboxylic acids is 1. The maximum atomic E-state index is 12.5. The van der Waals surface area contributed by atoms with Crippen LogP contribution >= 0.6 is 0 Å². The Balaban J connectivity index is 1.28. The third-order valence-corrected chi connectivity index (χ3v) is 6.37. The number of nitrogens with one attached hydrogen (secondary N) is 1. The van der Waals surface area contributed by atoms with Crippen molar-refractivity contribution in [3.05, 3.63) is 29.8 Å². The van der Waals surface area contributed by atoms with Crippen molar-refractivity contribution in [1.29, 1.82) is 0 Å². The van der Waals surface area contributed by atoms with Crippen molar-refractivity contribution in [2.45, 2.75) is 57.6 Å². The molecule has 1 amide bonds. The predicted molar refractivity (Wildman–Crippen MR) is 96.8 cm³/mol. The zero-order valence-electron chi connectivity index (χ0n) is 15.1. The van der Waals surface area contributed by atoms with Crippen molar-refractivity contribution in [2.24, 2.45) is 17.8 Å². The van der Waals surface area contributed by atoms with Crippen molar-refractivity contribution < 1.29 is 14.3 Å². The second kappa shape index (κ2) is 7.36. The van der Waals surface area contributed by atoms with E-state index in [1.807, 2.05) is 24.3 Å². The minimum Gasteiger partial charge on any atom is -0.491 e. The first-order valence-corrected chi connectivity index (χ1v) is 9.84. The summed E-state index contributed by atoms with van der Waals surface area (Å²) in [5.74, 6) is 3.23. The second-order valence-corrected chi connectivity index (χ2v) is 8.07. The molecule has 5 unspecified atom stereocenters. The van der Waals surface area contributed by atoms with Gasteiger partial charge in [-0.25, -0.2) is 0 Å². The van der Waals surface area contributed by atoms with Gasteiger partial charge in [0.15, 0.2) is 0 Å². The molecular weight excluding hydrogens is 314 g/mol. The van der Waals surface area contributed by atoms with Gasteiger partial charge in [0.2, 0.25) is 0 Å². The number of benzene rings is 1. The van der Waals surface area contributed by atoms with Crippen LogP contribution in [0.5, 0.6) is 5.75 Å². The van der Waals surface area contributed by atoms with Crippen molar-refractivity contribution in [3.63, 3.8) is 0 Å². The van der Waals surface area contributed by atoms with Crippen molar-refractivity contribution in [2.75, 3.05) is 13.2 Å². The highest BCUT2D eigenvalue weighted by atomic mass is 16.5. The Morgan fingerprint density at radius 3 is 2.72 bits per heavy atom. The van der Waals surface area contributed by atoms with Gasteiger partial charge in [-0.15, -0.1) is 0 Å². The standard InChI is InChI=1S/C21H29NO3/c1-14(20-12-15-4-5-17(20)11-15)22-21(23)16-6-8-18(9-7-16)25-13-19-3-2-10-24-19/h6-9,14-15,17,19-20H,2-5,10-13H2,1H3,(H,22,23). The number of amides is 1. The molecule has 0 radical (unpaired) electrons. The summed E-state index contributed by atoms with van der Waals surface area (Å²) in [4.78, 5) is 12.5. The molecule has 1 aromatic carbocycles. The zero-order valence-corrected chi connectivity index (χ0v) is 15.1. The van der Waals surface area contributed by atoms with Gasteiger partial charge in [-0.05, 0) is 81.0 Å². The maximum Gasteiger partial charge on any atom is 0.251 e. The van der Waals surface area contributed by atoms with E-state index in [1.165, 1.54) is 25.7 Å². The first-order chi connectivity index (χ1) is 12.2. The van der Waals surface area contributed by atoms with E-state index >= 15 is 0 Å². The van der Waals surface area contributed by atoms with Gasteiger partial charge in [-0.3, -0.25) is 4.79 Å². The summed E-state index contributed by atoms with van der Waals surface area (Å²) in [7, 11) is 0. The molecule has 1 saturated heterocycles. The van der Waals surface area contributed by atoms with Crippen LogP contribution in [-0.2, 0) is 4.74 Å². The number of fused-ring (bicyclic) bond motifs is 2. The number of hydrogen-bond acceptors (Lipinski definition) is 3. The zero-order chi connectivity index (χ0) is 17.2. The largest absolute Gasteiger partial charge is 0.491 e. The van der Waals surface area contributed by atoms with Gasteiger partial charge in [0, 0.05) is 18.2 Å². The molecule has 2 aliphatic carbocycles. The Bertz CT molecular complexity index is 594. The van der Waals surface area contributed by atoms with Gasteiger partial charge in [-0.2, -0.15) is 0 Å². The van der Waals surface area contributed by atoms with Crippen LogP contribution in [-0.4, -0.2) is 31.3 Å². The fraction of sp³-hybridized carbons (Fsp3) is 0.667. The molecular formula is C21H29NO3. The quantitative estimate of drug-likeness (QED) is 0.855. The summed E-state index contributed by atoms with van der Waals surface area (Å²) >= 11 is 0. The highest BCUT2D eigenvalue weighted by Gasteiger charge is 2.42. The number of carbonyl (C=O) groups is 1. The average Bonchev–Trinajstić information content (AvgIpc) is 3.38. The minimum absolute atomic E-state index is 0.0287. The van der Waals surface area contributed by atoms with E-state index in [9.17, 15) is 4.79 Å². The second-order valence-electron chi connectivity index (χ2n) is 8.07. The van der Waals surface area contributed by atoms with Crippen molar-refractivity contribution >= 4 is 5.91 Å². The van der Waals surface area contributed by atoms with E-state index in [0.717, 1.165) is 37.0 Å². The molecule has 1 aromatic rings. The lowest BCUT2D eigenvalue weighted by Gasteiger charge is -2.28. The Morgan fingerprint density at radius 2 is 2.08 bits per heavy atom. The van der Waals surface area contributed by atoms with Crippen molar-refractivity contribution in [3.8, 4) is 5.75 Å². The summed E-state index contributed by atoms with van der Waals surface area (Å²) in [6.45, 7) is 3.60. The smallest absolute Gasteiger partial charge is 0.251 e. The minimum atomic E-state index is 0.0287. The fourth-order valence-electron chi connectivity index (χ4n) is 4.97. The molecule has 2 bridgehead atoms. The van der Waals surface area contributed by atoms with E-state index in [1.54, 1.807) is 0 Å². The molecule has 4 rings (SSSR count). The van der Waals surface area contributed by atoms with Gasteiger partial charge in [-0.1, -0.05) is 6.42 Å². The first-order valence-electron chi connectivity index (χ1n) is 9.84. The van der Waals surface area contributed by atoms with Gasteiger partial charge in [0.25, 0.3) is 5.91 Å². The lowest BCUT2D eigenvalue weighted by atomic mass is 9.84. The topological polar surface area (TPSA) is 47.6 Å². The van der Waals surface area contributed by atoms with Crippen LogP contribution in [0.3, 0.4) is 0 Å². The highest BCUT2D eigenvalue weighted by molar-refractivity contribution is 5.94. The van der Waals surface area contributed by atoms with Crippen LogP contribution in [0.2, 0.25) is 0 Å². The van der Waals surface area contributed by atoms with Crippen LogP contribution in [0.1, 0.15) is 55.8 Å². The molecule has 4 heteroatoms. The average molecular weight is 343 g/mol. The summed E-state index contributed by atoms with van der Waals surface area (Å²) in [6.07, 6.45) is 7.83. The van der Waals surface area contributed by atoms with E-state index in [2.05, 4.69) is 12.2 Å². The first kappa shape index (κ1) is 16.9. The highest BCUT2D eigenvalue weighted by Crippen LogP contribution is 2.49. The van der Waals surface area contributed by atoms with Crippen LogP contribution in [0.25, 0.3) is 0 Å². The molecule has 25 heavy (non-hydrogen) atoms. The summed E-state index contributed by atoms with van der Waals surface area (Å²) < 4.78 is 11.3. The lowest BCUT2D eigenvalue weighted by Crippen LogP contribution is -2.40. The van der Waals surface area contributed by atoms with E-state index in [-0.39, 0.29) is 18.1 Å². The van der Waals surface area contributed by atoms with Crippen LogP contribution < -0.4 is 10.1 Å². The van der Waals surface area contributed by atoms with E-state index < -0.39 is 0 Å². The molecule has 2 saturated carbocycles. The Morgan fingerprint density at radius 1 is 1.24 bits per heavy atom. The van der Waals surface area contributed by atoms with Gasteiger partial charge >= 0.3 is 0 Å². The summed E-state index contributed by atoms with van der Waals surface area (Å²) in [6, 6.07) is 7.73.